The highest BCUT2D eigenvalue weighted by Crippen LogP contribution is 2.39. The zero-order chi connectivity index (χ0) is 14.8. The lowest BCUT2D eigenvalue weighted by molar-refractivity contribution is 0.340. The summed E-state index contributed by atoms with van der Waals surface area (Å²) in [7, 11) is 0. The Morgan fingerprint density at radius 1 is 1.29 bits per heavy atom. The molecular formula is C15H13BrN2O2S. The molecule has 0 aliphatic heterocycles. The van der Waals surface area contributed by atoms with Gasteiger partial charge >= 0.3 is 0 Å². The predicted molar refractivity (Wildman–Crippen MR) is 88.5 cm³/mol. The average molecular weight is 365 g/mol. The van der Waals surface area contributed by atoms with E-state index in [0.29, 0.717) is 18.2 Å². The molecule has 0 aliphatic carbocycles. The van der Waals surface area contributed by atoms with Crippen molar-refractivity contribution in [2.24, 2.45) is 0 Å². The number of aromatic nitrogens is 1. The Hall–Kier alpha value is -1.79. The van der Waals surface area contributed by atoms with E-state index in [1.54, 1.807) is 11.3 Å². The predicted octanol–water partition coefficient (Wildman–Crippen LogP) is 4.81. The van der Waals surface area contributed by atoms with Crippen LogP contribution in [0.1, 0.15) is 6.92 Å². The van der Waals surface area contributed by atoms with Crippen LogP contribution in [0.25, 0.3) is 22.5 Å². The van der Waals surface area contributed by atoms with Crippen LogP contribution in [0, 0.1) is 0 Å². The Balaban J connectivity index is 2.04. The summed E-state index contributed by atoms with van der Waals surface area (Å²) in [4.78, 5) is 0. The summed E-state index contributed by atoms with van der Waals surface area (Å²) in [6.45, 7) is 2.60. The maximum atomic E-state index is 5.97. The number of rotatable bonds is 4. The van der Waals surface area contributed by atoms with Crippen molar-refractivity contribution in [3.63, 3.8) is 0 Å². The third-order valence-electron chi connectivity index (χ3n) is 3.00. The molecule has 108 valence electrons. The number of nitrogen functional groups attached to an aromatic ring is 1. The van der Waals surface area contributed by atoms with E-state index in [4.69, 9.17) is 15.0 Å². The average Bonchev–Trinajstić information content (AvgIpc) is 3.06. The highest BCUT2D eigenvalue weighted by atomic mass is 79.9. The van der Waals surface area contributed by atoms with E-state index >= 15 is 0 Å². The van der Waals surface area contributed by atoms with Crippen molar-refractivity contribution in [2.75, 3.05) is 12.3 Å². The fourth-order valence-corrected chi connectivity index (χ4v) is 3.23. The molecule has 0 saturated carbocycles. The van der Waals surface area contributed by atoms with Crippen molar-refractivity contribution in [3.05, 3.63) is 39.5 Å². The molecule has 0 fully saturated rings. The minimum atomic E-state index is 0.386. The van der Waals surface area contributed by atoms with Crippen LogP contribution < -0.4 is 10.5 Å². The van der Waals surface area contributed by atoms with Gasteiger partial charge in [0.2, 0.25) is 0 Å². The quantitative estimate of drug-likeness (QED) is 0.721. The third kappa shape index (κ3) is 2.82. The molecule has 2 N–H and O–H groups in total. The minimum absolute atomic E-state index is 0.386. The second kappa shape index (κ2) is 5.91. The fourth-order valence-electron chi connectivity index (χ4n) is 2.09. The van der Waals surface area contributed by atoms with Gasteiger partial charge in [-0.05, 0) is 46.6 Å². The first-order chi connectivity index (χ1) is 10.2. The molecule has 6 heteroatoms. The van der Waals surface area contributed by atoms with Crippen LogP contribution in [0.4, 0.5) is 5.82 Å². The topological polar surface area (TPSA) is 61.3 Å². The van der Waals surface area contributed by atoms with Crippen molar-refractivity contribution in [3.8, 4) is 28.2 Å². The second-order valence-corrected chi connectivity index (χ2v) is 6.66. The third-order valence-corrected chi connectivity index (χ3v) is 4.51. The molecule has 2 heterocycles. The number of thiophene rings is 1. The van der Waals surface area contributed by atoms with E-state index in [2.05, 4.69) is 21.1 Å². The lowest BCUT2D eigenvalue weighted by Crippen LogP contribution is -1.92. The minimum Gasteiger partial charge on any atom is -0.494 e. The molecule has 21 heavy (non-hydrogen) atoms. The smallest absolute Gasteiger partial charge is 0.177 e. The first-order valence-electron chi connectivity index (χ1n) is 6.42. The number of hydrogen-bond acceptors (Lipinski definition) is 5. The summed E-state index contributed by atoms with van der Waals surface area (Å²) < 4.78 is 11.9. The Bertz CT molecular complexity index is 749. The van der Waals surface area contributed by atoms with Gasteiger partial charge in [0, 0.05) is 10.9 Å². The summed E-state index contributed by atoms with van der Waals surface area (Å²) >= 11 is 5.04. The molecule has 0 bridgehead atoms. The Labute approximate surface area is 134 Å². The van der Waals surface area contributed by atoms with E-state index < -0.39 is 0 Å². The van der Waals surface area contributed by atoms with Gasteiger partial charge in [-0.3, -0.25) is 0 Å². The van der Waals surface area contributed by atoms with E-state index in [1.165, 1.54) is 0 Å². The van der Waals surface area contributed by atoms with E-state index in [0.717, 1.165) is 26.2 Å². The summed E-state index contributed by atoms with van der Waals surface area (Å²) in [6.07, 6.45) is 0. The molecule has 3 aromatic rings. The van der Waals surface area contributed by atoms with Gasteiger partial charge in [-0.2, -0.15) is 0 Å². The maximum absolute atomic E-state index is 5.97. The summed E-state index contributed by atoms with van der Waals surface area (Å²) in [5, 5.41) is 5.90. The standard InChI is InChI=1S/C15H13BrN2O2S/c1-2-19-11-5-3-9(4-6-11)13-14(20-18-15(13)17)10-7-12(16)21-8-10/h3-8H,2H2,1H3,(H2,17,18). The Kier molecular flexibility index (Phi) is 3.98. The molecule has 4 nitrogen and oxygen atoms in total. The van der Waals surface area contributed by atoms with E-state index in [1.807, 2.05) is 42.6 Å². The van der Waals surface area contributed by atoms with Crippen LogP contribution >= 0.6 is 27.3 Å². The van der Waals surface area contributed by atoms with Crippen molar-refractivity contribution in [2.45, 2.75) is 6.92 Å². The van der Waals surface area contributed by atoms with Gasteiger partial charge in [0.25, 0.3) is 0 Å². The maximum Gasteiger partial charge on any atom is 0.177 e. The normalized spacial score (nSPS) is 10.8. The number of hydrogen-bond donors (Lipinski definition) is 1. The first kappa shape index (κ1) is 14.2. The Morgan fingerprint density at radius 2 is 2.05 bits per heavy atom. The zero-order valence-corrected chi connectivity index (χ0v) is 13.7. The van der Waals surface area contributed by atoms with Crippen LogP contribution in [-0.4, -0.2) is 11.8 Å². The van der Waals surface area contributed by atoms with Gasteiger partial charge in [0.15, 0.2) is 11.6 Å². The SMILES string of the molecule is CCOc1ccc(-c2c(N)noc2-c2csc(Br)c2)cc1. The number of benzene rings is 1. The van der Waals surface area contributed by atoms with Gasteiger partial charge in [0.1, 0.15) is 5.75 Å². The van der Waals surface area contributed by atoms with Crippen LogP contribution in [0.15, 0.2) is 44.0 Å². The number of ether oxygens (including phenoxy) is 1. The van der Waals surface area contributed by atoms with Crippen LogP contribution in [0.2, 0.25) is 0 Å². The van der Waals surface area contributed by atoms with E-state index in [9.17, 15) is 0 Å². The molecule has 0 saturated heterocycles. The van der Waals surface area contributed by atoms with Crippen molar-refractivity contribution >= 4 is 33.1 Å². The molecule has 1 aromatic carbocycles. The van der Waals surface area contributed by atoms with Crippen LogP contribution in [0.3, 0.4) is 0 Å². The molecule has 0 spiro atoms. The molecule has 2 aromatic heterocycles. The number of nitrogens with two attached hydrogens (primary N) is 1. The highest BCUT2D eigenvalue weighted by molar-refractivity contribution is 9.11. The number of halogens is 1. The molecule has 0 radical (unpaired) electrons. The lowest BCUT2D eigenvalue weighted by atomic mass is 10.0. The molecular weight excluding hydrogens is 352 g/mol. The van der Waals surface area contributed by atoms with Crippen molar-refractivity contribution < 1.29 is 9.26 Å². The fraction of sp³-hybridized carbons (Fsp3) is 0.133. The van der Waals surface area contributed by atoms with Gasteiger partial charge in [0.05, 0.1) is 16.0 Å². The van der Waals surface area contributed by atoms with Gasteiger partial charge in [-0.1, -0.05) is 17.3 Å². The summed E-state index contributed by atoms with van der Waals surface area (Å²) in [5.41, 5.74) is 8.69. The largest absolute Gasteiger partial charge is 0.494 e. The van der Waals surface area contributed by atoms with Gasteiger partial charge < -0.3 is 15.0 Å². The molecule has 0 unspecified atom stereocenters. The number of nitrogens with zero attached hydrogens (tertiary/aromatic N) is 1. The molecule has 0 amide bonds. The monoisotopic (exact) mass is 364 g/mol. The van der Waals surface area contributed by atoms with Gasteiger partial charge in [-0.15, -0.1) is 11.3 Å². The van der Waals surface area contributed by atoms with E-state index in [-0.39, 0.29) is 0 Å². The first-order valence-corrected chi connectivity index (χ1v) is 8.09. The van der Waals surface area contributed by atoms with Crippen LogP contribution in [0.5, 0.6) is 5.75 Å². The van der Waals surface area contributed by atoms with Gasteiger partial charge in [-0.25, -0.2) is 0 Å². The zero-order valence-electron chi connectivity index (χ0n) is 11.3. The van der Waals surface area contributed by atoms with Crippen molar-refractivity contribution in [1.82, 2.24) is 5.16 Å². The summed E-state index contributed by atoms with van der Waals surface area (Å²) in [6, 6.07) is 9.73. The number of anilines is 1. The lowest BCUT2D eigenvalue weighted by Gasteiger charge is -2.05. The molecule has 3 rings (SSSR count). The van der Waals surface area contributed by atoms with Crippen molar-refractivity contribution in [1.29, 1.82) is 0 Å². The molecule has 0 atom stereocenters. The molecule has 0 aliphatic rings. The summed E-state index contributed by atoms with van der Waals surface area (Å²) in [5.74, 6) is 1.89. The van der Waals surface area contributed by atoms with Crippen LogP contribution in [-0.2, 0) is 0 Å². The second-order valence-electron chi connectivity index (χ2n) is 4.37. The Morgan fingerprint density at radius 3 is 2.67 bits per heavy atom. The highest BCUT2D eigenvalue weighted by Gasteiger charge is 2.18.